The lowest BCUT2D eigenvalue weighted by molar-refractivity contribution is -0.116. The summed E-state index contributed by atoms with van der Waals surface area (Å²) in [6, 6.07) is 14.2. The molecule has 0 radical (unpaired) electrons. The van der Waals surface area contributed by atoms with Crippen molar-refractivity contribution >= 4 is 23.3 Å². The molecule has 0 spiro atoms. The molecule has 114 valence electrons. The zero-order valence-electron chi connectivity index (χ0n) is 12.6. The van der Waals surface area contributed by atoms with Crippen LogP contribution in [0.4, 0.5) is 0 Å². The van der Waals surface area contributed by atoms with Crippen molar-refractivity contribution in [1.29, 1.82) is 0 Å². The molecule has 22 heavy (non-hydrogen) atoms. The van der Waals surface area contributed by atoms with E-state index < -0.39 is 0 Å². The van der Waals surface area contributed by atoms with E-state index in [0.717, 1.165) is 12.1 Å². The predicted molar refractivity (Wildman–Crippen MR) is 93.0 cm³/mol. The summed E-state index contributed by atoms with van der Waals surface area (Å²) in [5.74, 6) is -0.00770. The van der Waals surface area contributed by atoms with Gasteiger partial charge in [-0.05, 0) is 35.9 Å². The summed E-state index contributed by atoms with van der Waals surface area (Å²) in [4.78, 5) is 13.5. The Kier molecular flexibility index (Phi) is 4.74. The van der Waals surface area contributed by atoms with Gasteiger partial charge in [-0.2, -0.15) is 0 Å². The molecule has 1 aromatic carbocycles. The highest BCUT2D eigenvalue weighted by Gasteiger charge is 2.36. The van der Waals surface area contributed by atoms with Crippen LogP contribution in [0, 0.1) is 0 Å². The zero-order valence-corrected chi connectivity index (χ0v) is 13.4. The van der Waals surface area contributed by atoms with Crippen molar-refractivity contribution in [1.82, 2.24) is 5.32 Å². The number of hydrogen-bond donors (Lipinski definition) is 1. The molecule has 1 aromatic heterocycles. The molecule has 1 aliphatic rings. The minimum Gasteiger partial charge on any atom is -0.352 e. The van der Waals surface area contributed by atoms with Crippen LogP contribution in [0.25, 0.3) is 6.08 Å². The predicted octanol–water partition coefficient (Wildman–Crippen LogP) is 4.39. The summed E-state index contributed by atoms with van der Waals surface area (Å²) in [6.45, 7) is 0.742. The van der Waals surface area contributed by atoms with Gasteiger partial charge >= 0.3 is 0 Å². The monoisotopic (exact) mass is 311 g/mol. The first-order valence-electron chi connectivity index (χ1n) is 7.83. The van der Waals surface area contributed by atoms with E-state index >= 15 is 0 Å². The fourth-order valence-electron chi connectivity index (χ4n) is 3.19. The maximum absolute atomic E-state index is 12.1. The number of rotatable bonds is 5. The third kappa shape index (κ3) is 3.47. The zero-order chi connectivity index (χ0) is 15.3. The second-order valence-electron chi connectivity index (χ2n) is 5.93. The summed E-state index contributed by atoms with van der Waals surface area (Å²) in [5, 5.41) is 5.24. The Bertz CT molecular complexity index is 625. The molecule has 1 amide bonds. The first-order valence-corrected chi connectivity index (χ1v) is 8.71. The Labute approximate surface area is 135 Å². The van der Waals surface area contributed by atoms with Gasteiger partial charge in [0.05, 0.1) is 0 Å². The Balaban J connectivity index is 1.61. The first-order chi connectivity index (χ1) is 10.8. The average molecular weight is 311 g/mol. The Morgan fingerprint density at radius 2 is 1.91 bits per heavy atom. The van der Waals surface area contributed by atoms with E-state index in [1.54, 1.807) is 6.08 Å². The fraction of sp³-hybridized carbons (Fsp3) is 0.316. The standard InChI is InChI=1S/C19H21NOS/c21-18(11-10-16-7-2-1-3-8-16)20-15-19(12-4-5-13-19)17-9-6-14-22-17/h1-3,6-11,14H,4-5,12-13,15H2,(H,20,21)/b11-10+. The highest BCUT2D eigenvalue weighted by atomic mass is 32.1. The molecule has 3 heteroatoms. The van der Waals surface area contributed by atoms with Crippen molar-refractivity contribution in [2.24, 2.45) is 0 Å². The highest BCUT2D eigenvalue weighted by Crippen LogP contribution is 2.42. The smallest absolute Gasteiger partial charge is 0.244 e. The Hall–Kier alpha value is -1.87. The average Bonchev–Trinajstić information content (AvgIpc) is 3.24. The van der Waals surface area contributed by atoms with Gasteiger partial charge in [0.2, 0.25) is 5.91 Å². The second-order valence-corrected chi connectivity index (χ2v) is 6.87. The van der Waals surface area contributed by atoms with Gasteiger partial charge in [0, 0.05) is 22.9 Å². The van der Waals surface area contributed by atoms with E-state index in [9.17, 15) is 4.79 Å². The van der Waals surface area contributed by atoms with Gasteiger partial charge in [-0.1, -0.05) is 49.2 Å². The van der Waals surface area contributed by atoms with Gasteiger partial charge < -0.3 is 5.32 Å². The third-order valence-corrected chi connectivity index (χ3v) is 5.55. The first kappa shape index (κ1) is 15.0. The van der Waals surface area contributed by atoms with Crippen molar-refractivity contribution in [3.63, 3.8) is 0 Å². The van der Waals surface area contributed by atoms with Crippen LogP contribution in [0.2, 0.25) is 0 Å². The topological polar surface area (TPSA) is 29.1 Å². The van der Waals surface area contributed by atoms with Crippen LogP contribution in [-0.4, -0.2) is 12.5 Å². The highest BCUT2D eigenvalue weighted by molar-refractivity contribution is 7.10. The minimum absolute atomic E-state index is 0.00770. The van der Waals surface area contributed by atoms with Gasteiger partial charge in [0.1, 0.15) is 0 Å². The van der Waals surface area contributed by atoms with Gasteiger partial charge in [-0.3, -0.25) is 4.79 Å². The molecular weight excluding hydrogens is 290 g/mol. The van der Waals surface area contributed by atoms with Crippen molar-refractivity contribution in [3.8, 4) is 0 Å². The number of carbonyl (C=O) groups is 1. The molecule has 1 heterocycles. The van der Waals surface area contributed by atoms with Crippen LogP contribution in [0.15, 0.2) is 53.9 Å². The summed E-state index contributed by atoms with van der Waals surface area (Å²) >= 11 is 1.81. The molecule has 3 rings (SSSR count). The van der Waals surface area contributed by atoms with Crippen molar-refractivity contribution in [3.05, 3.63) is 64.4 Å². The van der Waals surface area contributed by atoms with Gasteiger partial charge in [0.25, 0.3) is 0 Å². The molecule has 2 aromatic rings. The van der Waals surface area contributed by atoms with Crippen LogP contribution in [-0.2, 0) is 10.2 Å². The van der Waals surface area contributed by atoms with E-state index in [-0.39, 0.29) is 11.3 Å². The number of benzene rings is 1. The summed E-state index contributed by atoms with van der Waals surface area (Å²) < 4.78 is 0. The third-order valence-electron chi connectivity index (χ3n) is 4.43. The Morgan fingerprint density at radius 3 is 2.59 bits per heavy atom. The SMILES string of the molecule is O=C(/C=C/c1ccccc1)NCC1(c2cccs2)CCCC1. The molecule has 1 N–H and O–H groups in total. The van der Waals surface area contributed by atoms with E-state index in [1.807, 2.05) is 47.7 Å². The van der Waals surface area contributed by atoms with Crippen molar-refractivity contribution < 1.29 is 4.79 Å². The molecule has 0 bridgehead atoms. The van der Waals surface area contributed by atoms with Gasteiger partial charge in [-0.25, -0.2) is 0 Å². The molecule has 0 atom stereocenters. The van der Waals surface area contributed by atoms with Gasteiger partial charge in [0.15, 0.2) is 0 Å². The quantitative estimate of drug-likeness (QED) is 0.815. The van der Waals surface area contributed by atoms with E-state index in [2.05, 4.69) is 22.8 Å². The molecule has 0 aliphatic heterocycles. The molecule has 0 unspecified atom stereocenters. The van der Waals surface area contributed by atoms with Crippen molar-refractivity contribution in [2.75, 3.05) is 6.54 Å². The van der Waals surface area contributed by atoms with Crippen LogP contribution in [0.1, 0.15) is 36.1 Å². The number of nitrogens with one attached hydrogen (secondary N) is 1. The van der Waals surface area contributed by atoms with E-state index in [1.165, 1.54) is 30.6 Å². The lowest BCUT2D eigenvalue weighted by atomic mass is 9.84. The number of hydrogen-bond acceptors (Lipinski definition) is 2. The summed E-state index contributed by atoms with van der Waals surface area (Å²) in [5.41, 5.74) is 1.20. The number of thiophene rings is 1. The van der Waals surface area contributed by atoms with E-state index in [4.69, 9.17) is 0 Å². The molecular formula is C19H21NOS. The molecule has 1 saturated carbocycles. The van der Waals surface area contributed by atoms with Gasteiger partial charge in [-0.15, -0.1) is 11.3 Å². The van der Waals surface area contributed by atoms with Crippen LogP contribution < -0.4 is 5.32 Å². The minimum atomic E-state index is -0.00770. The lowest BCUT2D eigenvalue weighted by Gasteiger charge is -2.28. The summed E-state index contributed by atoms with van der Waals surface area (Å²) in [7, 11) is 0. The molecule has 1 fully saturated rings. The van der Waals surface area contributed by atoms with Crippen LogP contribution in [0.5, 0.6) is 0 Å². The summed E-state index contributed by atoms with van der Waals surface area (Å²) in [6.07, 6.45) is 8.36. The van der Waals surface area contributed by atoms with Crippen LogP contribution >= 0.6 is 11.3 Å². The molecule has 2 nitrogen and oxygen atoms in total. The number of amides is 1. The number of carbonyl (C=O) groups excluding carboxylic acids is 1. The largest absolute Gasteiger partial charge is 0.352 e. The Morgan fingerprint density at radius 1 is 1.14 bits per heavy atom. The molecule has 1 aliphatic carbocycles. The van der Waals surface area contributed by atoms with Crippen molar-refractivity contribution in [2.45, 2.75) is 31.1 Å². The normalized spacial score (nSPS) is 16.9. The molecule has 0 saturated heterocycles. The van der Waals surface area contributed by atoms with Crippen LogP contribution in [0.3, 0.4) is 0 Å². The maximum atomic E-state index is 12.1. The fourth-order valence-corrected chi connectivity index (χ4v) is 4.18. The second kappa shape index (κ2) is 6.93. The maximum Gasteiger partial charge on any atom is 0.244 e. The van der Waals surface area contributed by atoms with E-state index in [0.29, 0.717) is 0 Å². The lowest BCUT2D eigenvalue weighted by Crippen LogP contribution is -2.37.